The highest BCUT2D eigenvalue weighted by molar-refractivity contribution is 14.1. The van der Waals surface area contributed by atoms with Gasteiger partial charge in [0.2, 0.25) is 0 Å². The van der Waals surface area contributed by atoms with Gasteiger partial charge in [0, 0.05) is 9.13 Å². The van der Waals surface area contributed by atoms with E-state index in [1.165, 1.54) is 0 Å². The van der Waals surface area contributed by atoms with Gasteiger partial charge in [-0.05, 0) is 52.9 Å². The monoisotopic (exact) mass is 391 g/mol. The first-order valence-electron chi connectivity index (χ1n) is 5.09. The molecule has 0 spiro atoms. The second-order valence-electron chi connectivity index (χ2n) is 3.56. The quantitative estimate of drug-likeness (QED) is 0.728. The van der Waals surface area contributed by atoms with E-state index in [-0.39, 0.29) is 5.91 Å². The van der Waals surface area contributed by atoms with Crippen molar-refractivity contribution in [1.29, 1.82) is 0 Å². The van der Waals surface area contributed by atoms with Crippen LogP contribution in [0.2, 0.25) is 10.0 Å². The van der Waals surface area contributed by atoms with Crippen LogP contribution in [0.4, 0.5) is 5.69 Å². The highest BCUT2D eigenvalue weighted by Gasteiger charge is 2.09. The maximum atomic E-state index is 12.0. The van der Waals surface area contributed by atoms with Gasteiger partial charge in [0.25, 0.3) is 5.91 Å². The third-order valence-electron chi connectivity index (χ3n) is 2.30. The normalized spacial score (nSPS) is 10.2. The van der Waals surface area contributed by atoms with E-state index in [0.29, 0.717) is 15.6 Å². The van der Waals surface area contributed by atoms with E-state index in [9.17, 15) is 4.79 Å². The van der Waals surface area contributed by atoms with E-state index < -0.39 is 0 Å². The Kier molecular flexibility index (Phi) is 4.48. The zero-order valence-electron chi connectivity index (χ0n) is 9.08. The number of halogens is 3. The van der Waals surface area contributed by atoms with E-state index in [2.05, 4.69) is 27.9 Å². The van der Waals surface area contributed by atoms with Crippen molar-refractivity contribution in [3.63, 3.8) is 0 Å². The summed E-state index contributed by atoms with van der Waals surface area (Å²) >= 11 is 13.8. The van der Waals surface area contributed by atoms with Gasteiger partial charge < -0.3 is 5.32 Å². The lowest BCUT2D eigenvalue weighted by Crippen LogP contribution is -2.12. The predicted molar refractivity (Wildman–Crippen MR) is 83.6 cm³/mol. The van der Waals surface area contributed by atoms with Crippen molar-refractivity contribution in [3.8, 4) is 0 Å². The molecule has 0 saturated heterocycles. The molecule has 2 aromatic rings. The third kappa shape index (κ3) is 3.16. The van der Waals surface area contributed by atoms with Crippen molar-refractivity contribution in [1.82, 2.24) is 0 Å². The highest BCUT2D eigenvalue weighted by atomic mass is 127. The number of para-hydroxylation sites is 1. The summed E-state index contributed by atoms with van der Waals surface area (Å²) in [4.78, 5) is 12.0. The minimum atomic E-state index is -0.210. The number of amides is 1. The Labute approximate surface area is 128 Å². The fourth-order valence-corrected chi connectivity index (χ4v) is 2.21. The van der Waals surface area contributed by atoms with E-state index in [4.69, 9.17) is 23.2 Å². The highest BCUT2D eigenvalue weighted by Crippen LogP contribution is 2.24. The van der Waals surface area contributed by atoms with Crippen LogP contribution in [0.1, 0.15) is 10.4 Å². The second kappa shape index (κ2) is 5.91. The van der Waals surface area contributed by atoms with Crippen molar-refractivity contribution < 1.29 is 4.79 Å². The maximum Gasteiger partial charge on any atom is 0.255 e. The lowest BCUT2D eigenvalue weighted by Gasteiger charge is -2.07. The van der Waals surface area contributed by atoms with E-state index >= 15 is 0 Å². The number of carbonyl (C=O) groups excluding carboxylic acids is 1. The molecular formula is C13H8Cl2INO. The van der Waals surface area contributed by atoms with Crippen LogP contribution in [0, 0.1) is 3.57 Å². The number of benzene rings is 2. The second-order valence-corrected chi connectivity index (χ2v) is 5.54. The van der Waals surface area contributed by atoms with Gasteiger partial charge in [0.15, 0.2) is 0 Å². The number of hydrogen-bond donors (Lipinski definition) is 1. The van der Waals surface area contributed by atoms with Gasteiger partial charge in [-0.3, -0.25) is 4.79 Å². The van der Waals surface area contributed by atoms with Crippen LogP contribution in [0.3, 0.4) is 0 Å². The molecule has 0 aliphatic heterocycles. The fourth-order valence-electron chi connectivity index (χ4n) is 1.39. The SMILES string of the molecule is O=C(Nc1ccccc1I)c1ccc(Cl)c(Cl)c1. The minimum absolute atomic E-state index is 0.210. The van der Waals surface area contributed by atoms with E-state index in [1.807, 2.05) is 24.3 Å². The van der Waals surface area contributed by atoms with Crippen molar-refractivity contribution >= 4 is 57.4 Å². The van der Waals surface area contributed by atoms with Crippen LogP contribution < -0.4 is 5.32 Å². The Morgan fingerprint density at radius 2 is 1.78 bits per heavy atom. The standard InChI is InChI=1S/C13H8Cl2INO/c14-9-6-5-8(7-10(9)15)13(18)17-12-4-2-1-3-11(12)16/h1-7H,(H,17,18). The molecule has 18 heavy (non-hydrogen) atoms. The summed E-state index contributed by atoms with van der Waals surface area (Å²) in [6.07, 6.45) is 0. The molecule has 0 aliphatic rings. The molecule has 2 nitrogen and oxygen atoms in total. The first kappa shape index (κ1) is 13.6. The van der Waals surface area contributed by atoms with Crippen LogP contribution >= 0.6 is 45.8 Å². The number of rotatable bonds is 2. The molecule has 0 saturated carbocycles. The molecule has 0 fully saturated rings. The molecule has 0 atom stereocenters. The number of anilines is 1. The van der Waals surface area contributed by atoms with Gasteiger partial charge in [-0.15, -0.1) is 0 Å². The summed E-state index contributed by atoms with van der Waals surface area (Å²) < 4.78 is 0.975. The smallest absolute Gasteiger partial charge is 0.255 e. The molecule has 0 unspecified atom stereocenters. The van der Waals surface area contributed by atoms with Crippen LogP contribution in [0.15, 0.2) is 42.5 Å². The van der Waals surface area contributed by atoms with E-state index in [1.54, 1.807) is 18.2 Å². The van der Waals surface area contributed by atoms with Gasteiger partial charge in [0.1, 0.15) is 0 Å². The summed E-state index contributed by atoms with van der Waals surface area (Å²) in [7, 11) is 0. The average Bonchev–Trinajstić information content (AvgIpc) is 2.35. The largest absolute Gasteiger partial charge is 0.321 e. The topological polar surface area (TPSA) is 29.1 Å². The fraction of sp³-hybridized carbons (Fsp3) is 0. The van der Waals surface area contributed by atoms with E-state index in [0.717, 1.165) is 9.26 Å². The maximum absolute atomic E-state index is 12.0. The molecule has 1 N–H and O–H groups in total. The first-order valence-corrected chi connectivity index (χ1v) is 6.92. The van der Waals surface area contributed by atoms with Gasteiger partial charge in [-0.2, -0.15) is 0 Å². The molecular weight excluding hydrogens is 384 g/mol. The van der Waals surface area contributed by atoms with Crippen molar-refractivity contribution in [3.05, 3.63) is 61.6 Å². The van der Waals surface area contributed by atoms with Crippen LogP contribution in [0.5, 0.6) is 0 Å². The summed E-state index contributed by atoms with van der Waals surface area (Å²) in [5.41, 5.74) is 1.25. The summed E-state index contributed by atoms with van der Waals surface area (Å²) in [6.45, 7) is 0. The summed E-state index contributed by atoms with van der Waals surface area (Å²) in [5.74, 6) is -0.210. The zero-order valence-corrected chi connectivity index (χ0v) is 12.8. The van der Waals surface area contributed by atoms with Gasteiger partial charge in [0.05, 0.1) is 15.7 Å². The van der Waals surface area contributed by atoms with Crippen LogP contribution in [-0.2, 0) is 0 Å². The van der Waals surface area contributed by atoms with Crippen molar-refractivity contribution in [2.75, 3.05) is 5.32 Å². The number of carbonyl (C=O) groups is 1. The molecule has 2 aromatic carbocycles. The van der Waals surface area contributed by atoms with Crippen LogP contribution in [0.25, 0.3) is 0 Å². The Morgan fingerprint density at radius 3 is 2.44 bits per heavy atom. The van der Waals surface area contributed by atoms with Crippen molar-refractivity contribution in [2.45, 2.75) is 0 Å². The lowest BCUT2D eigenvalue weighted by atomic mass is 10.2. The molecule has 0 aliphatic carbocycles. The number of hydrogen-bond acceptors (Lipinski definition) is 1. The van der Waals surface area contributed by atoms with Gasteiger partial charge >= 0.3 is 0 Å². The lowest BCUT2D eigenvalue weighted by molar-refractivity contribution is 0.102. The minimum Gasteiger partial charge on any atom is -0.321 e. The molecule has 0 heterocycles. The van der Waals surface area contributed by atoms with Crippen LogP contribution in [-0.4, -0.2) is 5.91 Å². The third-order valence-corrected chi connectivity index (χ3v) is 3.98. The molecule has 0 aromatic heterocycles. The van der Waals surface area contributed by atoms with Gasteiger partial charge in [-0.1, -0.05) is 35.3 Å². The van der Waals surface area contributed by atoms with Gasteiger partial charge in [-0.25, -0.2) is 0 Å². The Morgan fingerprint density at radius 1 is 1.06 bits per heavy atom. The molecule has 0 radical (unpaired) electrons. The van der Waals surface area contributed by atoms with Crippen molar-refractivity contribution in [2.24, 2.45) is 0 Å². The molecule has 2 rings (SSSR count). The summed E-state index contributed by atoms with van der Waals surface area (Å²) in [5, 5.41) is 3.63. The molecule has 5 heteroatoms. The Bertz CT molecular complexity index is 601. The molecule has 1 amide bonds. The first-order chi connectivity index (χ1) is 8.58. The average molecular weight is 392 g/mol. The summed E-state index contributed by atoms with van der Waals surface area (Å²) in [6, 6.07) is 12.3. The zero-order chi connectivity index (χ0) is 13.1. The predicted octanol–water partition coefficient (Wildman–Crippen LogP) is 4.85. The number of nitrogens with one attached hydrogen (secondary N) is 1. The molecule has 0 bridgehead atoms. The Hall–Kier alpha value is -0.780. The Balaban J connectivity index is 2.22. The molecule has 92 valence electrons.